The maximum absolute atomic E-state index is 13.3. The van der Waals surface area contributed by atoms with E-state index in [2.05, 4.69) is 4.72 Å². The number of carbonyl (C=O) groups excluding carboxylic acids is 1. The van der Waals surface area contributed by atoms with E-state index in [1.165, 1.54) is 13.0 Å². The number of benzene rings is 1. The third-order valence-corrected chi connectivity index (χ3v) is 3.56. The van der Waals surface area contributed by atoms with E-state index in [1.807, 2.05) is 0 Å². The molecule has 0 aromatic heterocycles. The predicted molar refractivity (Wildman–Crippen MR) is 85.8 cm³/mol. The number of hydrogen-bond donors (Lipinski definition) is 3. The average molecular weight is 378 g/mol. The Morgan fingerprint density at radius 2 is 1.92 bits per heavy atom. The molecule has 1 rings (SSSR count). The lowest BCUT2D eigenvalue weighted by molar-refractivity contribution is -0.141. The summed E-state index contributed by atoms with van der Waals surface area (Å²) in [6, 6.07) is 3.30. The molecular weight excluding hydrogens is 365 g/mol. The summed E-state index contributed by atoms with van der Waals surface area (Å²) < 4.78 is 20.5. The van der Waals surface area contributed by atoms with Gasteiger partial charge in [0.15, 0.2) is 5.57 Å². The molecule has 0 heterocycles. The summed E-state index contributed by atoms with van der Waals surface area (Å²) >= 11 is 6.58. The molecule has 0 aliphatic rings. The zero-order chi connectivity index (χ0) is 18.3. The second kappa shape index (κ2) is 9.14. The SMILES string of the molecule is CC(=O)OCCSNC(=C(C(=O)O)C(=O)O)c1ccc(F)c(Cl)c1. The van der Waals surface area contributed by atoms with Crippen LogP contribution in [0.2, 0.25) is 5.02 Å². The first-order valence-electron chi connectivity index (χ1n) is 6.41. The van der Waals surface area contributed by atoms with E-state index in [0.29, 0.717) is 0 Å². The number of aliphatic carboxylic acids is 2. The molecule has 130 valence electrons. The van der Waals surface area contributed by atoms with Crippen LogP contribution in [0.25, 0.3) is 5.70 Å². The number of ether oxygens (including phenoxy) is 1. The standard InChI is InChI=1S/C14H13ClFNO6S/c1-7(18)23-4-5-24-17-12(11(13(19)20)14(21)22)8-2-3-10(16)9(15)6-8/h2-3,6,17H,4-5H2,1H3,(H,19,20)(H,21,22). The summed E-state index contributed by atoms with van der Waals surface area (Å²) in [5.41, 5.74) is -1.11. The fraction of sp³-hybridized carbons (Fsp3) is 0.214. The van der Waals surface area contributed by atoms with Crippen molar-refractivity contribution < 1.29 is 33.7 Å². The molecule has 7 nitrogen and oxygen atoms in total. The van der Waals surface area contributed by atoms with Crippen molar-refractivity contribution in [3.8, 4) is 0 Å². The van der Waals surface area contributed by atoms with Gasteiger partial charge in [-0.15, -0.1) is 0 Å². The predicted octanol–water partition coefficient (Wildman–Crippen LogP) is 2.16. The highest BCUT2D eigenvalue weighted by atomic mass is 35.5. The summed E-state index contributed by atoms with van der Waals surface area (Å²) in [5, 5.41) is 17.9. The van der Waals surface area contributed by atoms with Crippen molar-refractivity contribution in [3.05, 3.63) is 40.2 Å². The molecule has 1 aromatic carbocycles. The number of nitrogens with one attached hydrogen (secondary N) is 1. The summed E-state index contributed by atoms with van der Waals surface area (Å²) in [5.74, 6) is -4.33. The smallest absolute Gasteiger partial charge is 0.345 e. The Bertz CT molecular complexity index is 678. The topological polar surface area (TPSA) is 113 Å². The van der Waals surface area contributed by atoms with Gasteiger partial charge in [-0.1, -0.05) is 11.6 Å². The monoisotopic (exact) mass is 377 g/mol. The number of carboxylic acid groups (broad SMARTS) is 2. The summed E-state index contributed by atoms with van der Waals surface area (Å²) in [7, 11) is 0. The second-order valence-corrected chi connectivity index (χ2v) is 5.59. The number of halogens is 2. The van der Waals surface area contributed by atoms with Crippen LogP contribution in [0.4, 0.5) is 4.39 Å². The van der Waals surface area contributed by atoms with Crippen molar-refractivity contribution in [2.75, 3.05) is 12.4 Å². The Kier molecular flexibility index (Phi) is 7.53. The minimum Gasteiger partial charge on any atom is -0.477 e. The highest BCUT2D eigenvalue weighted by Gasteiger charge is 2.24. The van der Waals surface area contributed by atoms with E-state index in [9.17, 15) is 18.8 Å². The average Bonchev–Trinajstić information content (AvgIpc) is 2.47. The molecule has 0 saturated carbocycles. The second-order valence-electron chi connectivity index (χ2n) is 4.28. The Balaban J connectivity index is 3.10. The summed E-state index contributed by atoms with van der Waals surface area (Å²) in [6.45, 7) is 1.27. The van der Waals surface area contributed by atoms with E-state index >= 15 is 0 Å². The van der Waals surface area contributed by atoms with Gasteiger partial charge in [-0.05, 0) is 30.1 Å². The van der Waals surface area contributed by atoms with Gasteiger partial charge >= 0.3 is 17.9 Å². The van der Waals surface area contributed by atoms with Crippen molar-refractivity contribution in [3.63, 3.8) is 0 Å². The van der Waals surface area contributed by atoms with E-state index in [0.717, 1.165) is 24.1 Å². The van der Waals surface area contributed by atoms with Gasteiger partial charge in [0.25, 0.3) is 0 Å². The molecule has 1 aromatic rings. The maximum Gasteiger partial charge on any atom is 0.345 e. The molecular formula is C14H13ClFNO6S. The van der Waals surface area contributed by atoms with E-state index < -0.39 is 29.3 Å². The van der Waals surface area contributed by atoms with Crippen LogP contribution >= 0.6 is 23.5 Å². The molecule has 0 spiro atoms. The van der Waals surface area contributed by atoms with Gasteiger partial charge in [0.2, 0.25) is 0 Å². The largest absolute Gasteiger partial charge is 0.477 e. The molecule has 0 aliphatic carbocycles. The molecule has 0 bridgehead atoms. The molecule has 0 aliphatic heterocycles. The van der Waals surface area contributed by atoms with Crippen molar-refractivity contribution >= 4 is 47.2 Å². The summed E-state index contributed by atoms with van der Waals surface area (Å²) in [4.78, 5) is 33.1. The van der Waals surface area contributed by atoms with Crippen molar-refractivity contribution in [1.82, 2.24) is 4.72 Å². The van der Waals surface area contributed by atoms with E-state index in [1.54, 1.807) is 0 Å². The fourth-order valence-corrected chi connectivity index (χ4v) is 2.38. The quantitative estimate of drug-likeness (QED) is 0.158. The lowest BCUT2D eigenvalue weighted by atomic mass is 10.1. The third kappa shape index (κ3) is 5.74. The molecule has 0 radical (unpaired) electrons. The zero-order valence-electron chi connectivity index (χ0n) is 12.3. The Morgan fingerprint density at radius 3 is 2.42 bits per heavy atom. The number of carbonyl (C=O) groups is 3. The van der Waals surface area contributed by atoms with Crippen LogP contribution in [0.5, 0.6) is 0 Å². The number of rotatable bonds is 8. The third-order valence-electron chi connectivity index (χ3n) is 2.55. The first-order valence-corrected chi connectivity index (χ1v) is 7.77. The molecule has 0 saturated heterocycles. The van der Waals surface area contributed by atoms with Gasteiger partial charge in [-0.25, -0.2) is 14.0 Å². The molecule has 0 fully saturated rings. The molecule has 10 heteroatoms. The van der Waals surface area contributed by atoms with Crippen LogP contribution in [0, 0.1) is 5.82 Å². The molecule has 0 amide bonds. The minimum atomic E-state index is -1.67. The van der Waals surface area contributed by atoms with Gasteiger partial charge in [0, 0.05) is 18.2 Å². The highest BCUT2D eigenvalue weighted by molar-refractivity contribution is 7.97. The van der Waals surface area contributed by atoms with Crippen LogP contribution < -0.4 is 4.72 Å². The normalized spacial score (nSPS) is 9.96. The number of hydrogen-bond acceptors (Lipinski definition) is 6. The Labute approximate surface area is 145 Å². The van der Waals surface area contributed by atoms with E-state index in [-0.39, 0.29) is 28.6 Å². The molecule has 0 atom stereocenters. The van der Waals surface area contributed by atoms with Crippen LogP contribution in [0.1, 0.15) is 12.5 Å². The number of carboxylic acids is 2. The van der Waals surface area contributed by atoms with Gasteiger partial charge < -0.3 is 19.7 Å². The van der Waals surface area contributed by atoms with Gasteiger partial charge in [0.1, 0.15) is 12.4 Å². The molecule has 24 heavy (non-hydrogen) atoms. The van der Waals surface area contributed by atoms with Crippen LogP contribution in [-0.4, -0.2) is 40.5 Å². The van der Waals surface area contributed by atoms with Gasteiger partial charge in [0.05, 0.1) is 10.7 Å². The van der Waals surface area contributed by atoms with Crippen molar-refractivity contribution in [2.24, 2.45) is 0 Å². The van der Waals surface area contributed by atoms with Gasteiger partial charge in [-0.3, -0.25) is 4.79 Å². The first kappa shape index (κ1) is 19.8. The Hall–Kier alpha value is -2.26. The zero-order valence-corrected chi connectivity index (χ0v) is 13.9. The first-order chi connectivity index (χ1) is 11.2. The lowest BCUT2D eigenvalue weighted by Gasteiger charge is -2.13. The minimum absolute atomic E-state index is 0.0416. The summed E-state index contributed by atoms with van der Waals surface area (Å²) in [6.07, 6.45) is 0. The van der Waals surface area contributed by atoms with Crippen LogP contribution in [-0.2, 0) is 19.1 Å². The highest BCUT2D eigenvalue weighted by Crippen LogP contribution is 2.24. The van der Waals surface area contributed by atoms with Crippen molar-refractivity contribution in [1.29, 1.82) is 0 Å². The number of esters is 1. The van der Waals surface area contributed by atoms with Crippen LogP contribution in [0.3, 0.4) is 0 Å². The maximum atomic E-state index is 13.3. The molecule has 3 N–H and O–H groups in total. The van der Waals surface area contributed by atoms with E-state index in [4.69, 9.17) is 26.6 Å². The fourth-order valence-electron chi connectivity index (χ4n) is 1.56. The van der Waals surface area contributed by atoms with Crippen molar-refractivity contribution in [2.45, 2.75) is 6.92 Å². The molecule has 0 unspecified atom stereocenters. The Morgan fingerprint density at radius 1 is 1.29 bits per heavy atom. The lowest BCUT2D eigenvalue weighted by Crippen LogP contribution is -2.19. The van der Waals surface area contributed by atoms with Gasteiger partial charge in [-0.2, -0.15) is 0 Å². The van der Waals surface area contributed by atoms with Crippen LogP contribution in [0.15, 0.2) is 23.8 Å².